The second kappa shape index (κ2) is 4.28. The third kappa shape index (κ3) is 2.14. The molecule has 1 heterocycles. The van der Waals surface area contributed by atoms with Gasteiger partial charge in [-0.3, -0.25) is 4.79 Å². The van der Waals surface area contributed by atoms with E-state index in [-0.39, 0.29) is 5.56 Å². The molecular formula is C9H10ClNO3. The van der Waals surface area contributed by atoms with E-state index in [1.165, 1.54) is 30.0 Å². The van der Waals surface area contributed by atoms with Gasteiger partial charge in [-0.1, -0.05) is 11.6 Å². The highest BCUT2D eigenvalue weighted by Crippen LogP contribution is 2.09. The summed E-state index contributed by atoms with van der Waals surface area (Å²) in [6, 6.07) is 2.12. The second-order valence-electron chi connectivity index (χ2n) is 2.79. The SMILES string of the molecule is COC(=O)C(C)n1cc(Cl)ccc1=O. The van der Waals surface area contributed by atoms with Crippen LogP contribution in [0.5, 0.6) is 0 Å². The van der Waals surface area contributed by atoms with Gasteiger partial charge in [0.2, 0.25) is 0 Å². The normalized spacial score (nSPS) is 12.2. The van der Waals surface area contributed by atoms with Gasteiger partial charge in [0.15, 0.2) is 0 Å². The summed E-state index contributed by atoms with van der Waals surface area (Å²) in [5.41, 5.74) is -0.285. The van der Waals surface area contributed by atoms with Crippen molar-refractivity contribution >= 4 is 17.6 Å². The van der Waals surface area contributed by atoms with E-state index in [9.17, 15) is 9.59 Å². The molecule has 0 amide bonds. The molecule has 1 rings (SSSR count). The molecule has 1 aromatic heterocycles. The number of carbonyl (C=O) groups excluding carboxylic acids is 1. The Kier molecular flexibility index (Phi) is 3.30. The Morgan fingerprint density at radius 3 is 2.79 bits per heavy atom. The Morgan fingerprint density at radius 2 is 2.21 bits per heavy atom. The van der Waals surface area contributed by atoms with Gasteiger partial charge in [0, 0.05) is 12.3 Å². The van der Waals surface area contributed by atoms with Crippen LogP contribution in [0.25, 0.3) is 0 Å². The van der Waals surface area contributed by atoms with Crippen LogP contribution in [0.2, 0.25) is 5.02 Å². The van der Waals surface area contributed by atoms with Gasteiger partial charge < -0.3 is 9.30 Å². The summed E-state index contributed by atoms with van der Waals surface area (Å²) in [5, 5.41) is 0.403. The maximum absolute atomic E-state index is 11.3. The second-order valence-corrected chi connectivity index (χ2v) is 3.23. The Hall–Kier alpha value is -1.29. The van der Waals surface area contributed by atoms with E-state index in [4.69, 9.17) is 11.6 Å². The average molecular weight is 216 g/mol. The minimum Gasteiger partial charge on any atom is -0.467 e. The minimum atomic E-state index is -0.661. The largest absolute Gasteiger partial charge is 0.467 e. The number of nitrogens with zero attached hydrogens (tertiary/aromatic N) is 1. The lowest BCUT2D eigenvalue weighted by atomic mass is 10.3. The van der Waals surface area contributed by atoms with Gasteiger partial charge >= 0.3 is 5.97 Å². The van der Waals surface area contributed by atoms with Crippen LogP contribution in [-0.4, -0.2) is 17.6 Å². The maximum atomic E-state index is 11.3. The van der Waals surface area contributed by atoms with E-state index in [2.05, 4.69) is 4.74 Å². The van der Waals surface area contributed by atoms with Crippen LogP contribution >= 0.6 is 11.6 Å². The van der Waals surface area contributed by atoms with Gasteiger partial charge in [-0.05, 0) is 13.0 Å². The highest BCUT2D eigenvalue weighted by molar-refractivity contribution is 6.30. The number of aromatic nitrogens is 1. The molecule has 1 aromatic rings. The van der Waals surface area contributed by atoms with E-state index in [0.717, 1.165) is 0 Å². The molecule has 76 valence electrons. The zero-order valence-electron chi connectivity index (χ0n) is 7.86. The predicted molar refractivity (Wildman–Crippen MR) is 52.4 cm³/mol. The fraction of sp³-hybridized carbons (Fsp3) is 0.333. The molecule has 4 nitrogen and oxygen atoms in total. The van der Waals surface area contributed by atoms with Crippen molar-refractivity contribution in [2.75, 3.05) is 7.11 Å². The standard InChI is InChI=1S/C9H10ClNO3/c1-6(9(13)14-2)11-5-7(10)3-4-8(11)12/h3-6H,1-2H3. The van der Waals surface area contributed by atoms with Crippen molar-refractivity contribution in [1.29, 1.82) is 0 Å². The molecule has 0 aromatic carbocycles. The van der Waals surface area contributed by atoms with Crippen LogP contribution < -0.4 is 5.56 Å². The molecule has 0 aliphatic heterocycles. The third-order valence-corrected chi connectivity index (χ3v) is 2.09. The van der Waals surface area contributed by atoms with E-state index in [1.54, 1.807) is 6.92 Å². The quantitative estimate of drug-likeness (QED) is 0.698. The van der Waals surface area contributed by atoms with Crippen LogP contribution in [0.3, 0.4) is 0 Å². The van der Waals surface area contributed by atoms with E-state index in [1.807, 2.05) is 0 Å². The number of ether oxygens (including phenoxy) is 1. The molecule has 5 heteroatoms. The topological polar surface area (TPSA) is 48.3 Å². The van der Waals surface area contributed by atoms with Crippen LogP contribution in [0, 0.1) is 0 Å². The molecule has 0 aliphatic carbocycles. The minimum absolute atomic E-state index is 0.285. The summed E-state index contributed by atoms with van der Waals surface area (Å²) in [4.78, 5) is 22.5. The van der Waals surface area contributed by atoms with Gasteiger partial charge in [-0.25, -0.2) is 4.79 Å². The molecule has 0 aliphatic rings. The lowest BCUT2D eigenvalue weighted by Gasteiger charge is -2.12. The van der Waals surface area contributed by atoms with Gasteiger partial charge in [0.05, 0.1) is 12.1 Å². The Labute approximate surface area is 86.1 Å². The Morgan fingerprint density at radius 1 is 1.57 bits per heavy atom. The van der Waals surface area contributed by atoms with Crippen LogP contribution in [-0.2, 0) is 9.53 Å². The summed E-state index contributed by atoms with van der Waals surface area (Å²) >= 11 is 5.70. The van der Waals surface area contributed by atoms with Crippen LogP contribution in [0.15, 0.2) is 23.1 Å². The molecule has 0 bridgehead atoms. The number of rotatable bonds is 2. The highest BCUT2D eigenvalue weighted by Gasteiger charge is 2.15. The summed E-state index contributed by atoms with van der Waals surface area (Å²) in [6.07, 6.45) is 1.41. The lowest BCUT2D eigenvalue weighted by Crippen LogP contribution is -2.27. The van der Waals surface area contributed by atoms with Crippen LogP contribution in [0.4, 0.5) is 0 Å². The first-order valence-electron chi connectivity index (χ1n) is 4.01. The molecular weight excluding hydrogens is 206 g/mol. The number of esters is 1. The molecule has 1 atom stereocenters. The number of methoxy groups -OCH3 is 1. The first-order valence-corrected chi connectivity index (χ1v) is 4.39. The fourth-order valence-corrected chi connectivity index (χ4v) is 1.23. The molecule has 1 unspecified atom stereocenters. The van der Waals surface area contributed by atoms with Gasteiger partial charge in [-0.15, -0.1) is 0 Å². The molecule has 0 radical (unpaired) electrons. The van der Waals surface area contributed by atoms with Gasteiger partial charge in [-0.2, -0.15) is 0 Å². The van der Waals surface area contributed by atoms with E-state index >= 15 is 0 Å². The summed E-state index contributed by atoms with van der Waals surface area (Å²) in [5.74, 6) is -0.477. The first kappa shape index (κ1) is 10.8. The number of halogens is 1. The molecule has 14 heavy (non-hydrogen) atoms. The Balaban J connectivity index is 3.12. The van der Waals surface area contributed by atoms with Crippen molar-refractivity contribution in [1.82, 2.24) is 4.57 Å². The molecule has 0 saturated carbocycles. The number of hydrogen-bond acceptors (Lipinski definition) is 3. The van der Waals surface area contributed by atoms with Crippen molar-refractivity contribution in [2.45, 2.75) is 13.0 Å². The molecule has 0 saturated heterocycles. The zero-order valence-corrected chi connectivity index (χ0v) is 8.62. The lowest BCUT2D eigenvalue weighted by molar-refractivity contribution is -0.144. The fourth-order valence-electron chi connectivity index (χ4n) is 1.06. The molecule has 0 fully saturated rings. The van der Waals surface area contributed by atoms with Crippen molar-refractivity contribution in [2.24, 2.45) is 0 Å². The van der Waals surface area contributed by atoms with Gasteiger partial charge in [0.1, 0.15) is 6.04 Å². The van der Waals surface area contributed by atoms with Crippen molar-refractivity contribution in [3.63, 3.8) is 0 Å². The zero-order chi connectivity index (χ0) is 10.7. The number of pyridine rings is 1. The highest BCUT2D eigenvalue weighted by atomic mass is 35.5. The third-order valence-electron chi connectivity index (χ3n) is 1.86. The van der Waals surface area contributed by atoms with Gasteiger partial charge in [0.25, 0.3) is 5.56 Å². The summed E-state index contributed by atoms with van der Waals surface area (Å²) in [6.45, 7) is 1.57. The monoisotopic (exact) mass is 215 g/mol. The van der Waals surface area contributed by atoms with Crippen LogP contribution in [0.1, 0.15) is 13.0 Å². The van der Waals surface area contributed by atoms with E-state index in [0.29, 0.717) is 5.02 Å². The smallest absolute Gasteiger partial charge is 0.328 e. The van der Waals surface area contributed by atoms with Crippen molar-refractivity contribution in [3.05, 3.63) is 33.7 Å². The number of hydrogen-bond donors (Lipinski definition) is 0. The average Bonchev–Trinajstić information content (AvgIpc) is 2.19. The predicted octanol–water partition coefficient (Wildman–Crippen LogP) is 1.24. The van der Waals surface area contributed by atoms with Crippen molar-refractivity contribution < 1.29 is 9.53 Å². The number of carbonyl (C=O) groups is 1. The van der Waals surface area contributed by atoms with Crippen molar-refractivity contribution in [3.8, 4) is 0 Å². The van der Waals surface area contributed by atoms with E-state index < -0.39 is 12.0 Å². The molecule has 0 spiro atoms. The molecule has 0 N–H and O–H groups in total. The Bertz CT molecular complexity index is 399. The maximum Gasteiger partial charge on any atom is 0.328 e. The summed E-state index contributed by atoms with van der Waals surface area (Å²) < 4.78 is 5.75. The summed E-state index contributed by atoms with van der Waals surface area (Å²) in [7, 11) is 1.27. The first-order chi connectivity index (χ1) is 6.56.